The molecule has 0 bridgehead atoms. The van der Waals surface area contributed by atoms with Gasteiger partial charge in [0, 0.05) is 0 Å². The number of nitrogens with one attached hydrogen (secondary N) is 1. The van der Waals surface area contributed by atoms with Crippen LogP contribution in [0, 0.1) is 0 Å². The Morgan fingerprint density at radius 1 is 1.18 bits per heavy atom. The van der Waals surface area contributed by atoms with Crippen LogP contribution in [0.4, 0.5) is 0 Å². The van der Waals surface area contributed by atoms with Crippen molar-refractivity contribution in [3.05, 3.63) is 23.3 Å². The van der Waals surface area contributed by atoms with Crippen molar-refractivity contribution in [2.45, 2.75) is 12.6 Å². The number of quaternary nitrogens is 2. The molecule has 94 valence electrons. The highest BCUT2D eigenvalue weighted by Crippen LogP contribution is 2.34. The van der Waals surface area contributed by atoms with Crippen LogP contribution in [0.15, 0.2) is 12.1 Å². The molecule has 4 nitrogen and oxygen atoms in total. The maximum absolute atomic E-state index is 5.51. The van der Waals surface area contributed by atoms with Crippen molar-refractivity contribution in [1.29, 1.82) is 0 Å². The summed E-state index contributed by atoms with van der Waals surface area (Å²) >= 11 is 0. The van der Waals surface area contributed by atoms with Gasteiger partial charge in [-0.2, -0.15) is 0 Å². The Balaban J connectivity index is 2.56. The van der Waals surface area contributed by atoms with Crippen LogP contribution in [0.1, 0.15) is 17.2 Å². The minimum atomic E-state index is 0.462. The highest BCUT2D eigenvalue weighted by molar-refractivity contribution is 5.50. The molecule has 4 heteroatoms. The van der Waals surface area contributed by atoms with Crippen molar-refractivity contribution in [3.63, 3.8) is 0 Å². The van der Waals surface area contributed by atoms with E-state index in [0.29, 0.717) is 6.04 Å². The zero-order valence-electron chi connectivity index (χ0n) is 11.0. The molecule has 1 heterocycles. The maximum atomic E-state index is 5.51. The third-order valence-corrected chi connectivity index (χ3v) is 3.51. The van der Waals surface area contributed by atoms with Crippen LogP contribution in [-0.4, -0.2) is 34.9 Å². The molecule has 17 heavy (non-hydrogen) atoms. The maximum Gasteiger partial charge on any atom is 0.166 e. The predicted octanol–water partition coefficient (Wildman–Crippen LogP) is -1.03. The largest absolute Gasteiger partial charge is 0.496 e. The average Bonchev–Trinajstić information content (AvgIpc) is 2.36. The van der Waals surface area contributed by atoms with Crippen molar-refractivity contribution in [1.82, 2.24) is 0 Å². The van der Waals surface area contributed by atoms with Gasteiger partial charge in [-0.1, -0.05) is 0 Å². The van der Waals surface area contributed by atoms with Gasteiger partial charge in [-0.05, 0) is 12.1 Å². The first-order valence-electron chi connectivity index (χ1n) is 6.04. The first-order chi connectivity index (χ1) is 8.19. The van der Waals surface area contributed by atoms with Gasteiger partial charge in [-0.25, -0.2) is 0 Å². The molecule has 0 fully saturated rings. The summed E-state index contributed by atoms with van der Waals surface area (Å²) in [5.41, 5.74) is 2.60. The fourth-order valence-electron chi connectivity index (χ4n) is 2.62. The number of methoxy groups -OCH3 is 2. The number of hydrogen-bond acceptors (Lipinski definition) is 2. The van der Waals surface area contributed by atoms with Gasteiger partial charge in [0.25, 0.3) is 0 Å². The summed E-state index contributed by atoms with van der Waals surface area (Å²) in [5.74, 6) is 1.96. The number of likely N-dealkylation sites (N-methyl/N-ethyl adjacent to an activating group) is 1. The zero-order valence-corrected chi connectivity index (χ0v) is 11.0. The van der Waals surface area contributed by atoms with Crippen molar-refractivity contribution in [2.75, 3.05) is 34.9 Å². The van der Waals surface area contributed by atoms with Gasteiger partial charge in [0.15, 0.2) is 6.04 Å². The van der Waals surface area contributed by atoms with E-state index in [1.54, 1.807) is 14.2 Å². The number of ether oxygens (including phenoxy) is 2. The van der Waals surface area contributed by atoms with Crippen LogP contribution in [0.5, 0.6) is 11.5 Å². The van der Waals surface area contributed by atoms with Gasteiger partial charge < -0.3 is 19.7 Å². The Labute approximate surface area is 103 Å². The zero-order chi connectivity index (χ0) is 12.4. The van der Waals surface area contributed by atoms with Gasteiger partial charge in [0.05, 0.1) is 39.4 Å². The summed E-state index contributed by atoms with van der Waals surface area (Å²) in [6.07, 6.45) is 0. The van der Waals surface area contributed by atoms with E-state index in [-0.39, 0.29) is 0 Å². The molecule has 1 aromatic rings. The van der Waals surface area contributed by atoms with E-state index in [4.69, 9.17) is 9.47 Å². The molecular formula is C13H22N2O2+2. The van der Waals surface area contributed by atoms with Gasteiger partial charge in [-0.15, -0.1) is 0 Å². The minimum absolute atomic E-state index is 0.462. The number of hydrogen-bond donors (Lipinski definition) is 2. The number of rotatable bonds is 3. The van der Waals surface area contributed by atoms with Crippen LogP contribution in [0.3, 0.4) is 0 Å². The summed E-state index contributed by atoms with van der Waals surface area (Å²) in [7, 11) is 7.84. The smallest absolute Gasteiger partial charge is 0.166 e. The van der Waals surface area contributed by atoms with Gasteiger partial charge >= 0.3 is 0 Å². The van der Waals surface area contributed by atoms with Crippen LogP contribution in [-0.2, 0) is 6.54 Å². The van der Waals surface area contributed by atoms with Crippen LogP contribution >= 0.6 is 0 Å². The second-order valence-electron chi connectivity index (χ2n) is 4.72. The quantitative estimate of drug-likeness (QED) is 0.706. The van der Waals surface area contributed by atoms with E-state index in [2.05, 4.69) is 19.4 Å². The molecule has 0 saturated heterocycles. The molecule has 2 rings (SSSR count). The molecule has 1 atom stereocenters. The lowest BCUT2D eigenvalue weighted by molar-refractivity contribution is -0.912. The summed E-state index contributed by atoms with van der Waals surface area (Å²) < 4.78 is 11.0. The Hall–Kier alpha value is -1.26. The molecule has 0 amide bonds. The molecule has 0 radical (unpaired) electrons. The fraction of sp³-hybridized carbons (Fsp3) is 0.538. The lowest BCUT2D eigenvalue weighted by atomic mass is 9.94. The Bertz CT molecular complexity index is 405. The third kappa shape index (κ3) is 2.10. The van der Waals surface area contributed by atoms with E-state index >= 15 is 0 Å². The van der Waals surface area contributed by atoms with Crippen molar-refractivity contribution in [3.8, 4) is 11.5 Å². The highest BCUT2D eigenvalue weighted by atomic mass is 16.5. The molecule has 0 saturated carbocycles. The monoisotopic (exact) mass is 238 g/mol. The molecule has 1 aliphatic rings. The van der Waals surface area contributed by atoms with Crippen molar-refractivity contribution < 1.29 is 19.7 Å². The number of fused-ring (bicyclic) bond motifs is 1. The highest BCUT2D eigenvalue weighted by Gasteiger charge is 2.33. The molecule has 0 aromatic heterocycles. The average molecular weight is 238 g/mol. The molecular weight excluding hydrogens is 216 g/mol. The Kier molecular flexibility index (Phi) is 3.54. The molecule has 3 N–H and O–H groups in total. The number of benzene rings is 1. The lowest BCUT2D eigenvalue weighted by Crippen LogP contribution is -3.10. The Morgan fingerprint density at radius 3 is 2.41 bits per heavy atom. The van der Waals surface area contributed by atoms with E-state index in [0.717, 1.165) is 24.6 Å². The van der Waals surface area contributed by atoms with Crippen LogP contribution in [0.25, 0.3) is 0 Å². The second-order valence-corrected chi connectivity index (χ2v) is 4.72. The molecule has 1 aromatic carbocycles. The van der Waals surface area contributed by atoms with E-state index in [1.165, 1.54) is 16.0 Å². The fourth-order valence-corrected chi connectivity index (χ4v) is 2.62. The first-order valence-corrected chi connectivity index (χ1v) is 6.04. The third-order valence-electron chi connectivity index (χ3n) is 3.51. The molecule has 0 spiro atoms. The van der Waals surface area contributed by atoms with E-state index < -0.39 is 0 Å². The van der Waals surface area contributed by atoms with Gasteiger partial charge in [0.1, 0.15) is 24.6 Å². The van der Waals surface area contributed by atoms with E-state index in [9.17, 15) is 0 Å². The van der Waals surface area contributed by atoms with Crippen molar-refractivity contribution in [2.24, 2.45) is 0 Å². The van der Waals surface area contributed by atoms with Crippen LogP contribution in [0.2, 0.25) is 0 Å². The molecule has 1 aliphatic heterocycles. The van der Waals surface area contributed by atoms with Crippen molar-refractivity contribution >= 4 is 0 Å². The van der Waals surface area contributed by atoms with Gasteiger partial charge in [-0.3, -0.25) is 0 Å². The summed E-state index contributed by atoms with van der Waals surface area (Å²) in [6.45, 7) is 2.07. The number of nitrogens with two attached hydrogens (primary N) is 1. The van der Waals surface area contributed by atoms with E-state index in [1.807, 2.05) is 12.1 Å². The second kappa shape index (κ2) is 4.94. The summed E-state index contributed by atoms with van der Waals surface area (Å²) in [5, 5.41) is 2.34. The predicted molar refractivity (Wildman–Crippen MR) is 65.6 cm³/mol. The Morgan fingerprint density at radius 2 is 1.82 bits per heavy atom. The SMILES string of the molecule is COc1ccc(OC)c2c1C[NH2+]C[C@@H]2[NH+](C)C. The summed E-state index contributed by atoms with van der Waals surface area (Å²) in [4.78, 5) is 1.42. The topological polar surface area (TPSA) is 39.5 Å². The normalized spacial score (nSPS) is 19.0. The first kappa shape index (κ1) is 12.2. The standard InChI is InChI=1S/C13H20N2O2/c1-15(2)10-8-14-7-9-11(16-3)5-6-12(17-4)13(9)10/h5-6,10,14H,7-8H2,1-4H3/p+2/t10-/m0/s1. The van der Waals surface area contributed by atoms with Crippen LogP contribution < -0.4 is 19.7 Å². The van der Waals surface area contributed by atoms with Gasteiger partial charge in [0.2, 0.25) is 0 Å². The summed E-state index contributed by atoms with van der Waals surface area (Å²) in [6, 6.07) is 4.47. The lowest BCUT2D eigenvalue weighted by Gasteiger charge is -2.28. The molecule has 0 aliphatic carbocycles. The molecule has 0 unspecified atom stereocenters. The minimum Gasteiger partial charge on any atom is -0.496 e.